The van der Waals surface area contributed by atoms with Crippen molar-refractivity contribution in [1.29, 1.82) is 0 Å². The molecule has 0 saturated heterocycles. The van der Waals surface area contributed by atoms with E-state index in [9.17, 15) is 0 Å². The lowest BCUT2D eigenvalue weighted by molar-refractivity contribution is 0.255. The quantitative estimate of drug-likeness (QED) is 0.566. The molecule has 2 unspecified atom stereocenters. The molecule has 0 aromatic carbocycles. The Morgan fingerprint density at radius 3 is 1.67 bits per heavy atom. The van der Waals surface area contributed by atoms with Crippen molar-refractivity contribution in [3.8, 4) is 0 Å². The Balaban J connectivity index is 0.000000561. The Hall–Kier alpha value is 0. The van der Waals surface area contributed by atoms with Crippen LogP contribution >= 0.6 is 0 Å². The summed E-state index contributed by atoms with van der Waals surface area (Å²) in [5.74, 6) is 2.14. The zero-order valence-corrected chi connectivity index (χ0v) is 9.40. The highest BCUT2D eigenvalue weighted by molar-refractivity contribution is 4.70. The van der Waals surface area contributed by atoms with Gasteiger partial charge in [0, 0.05) is 0 Å². The summed E-state index contributed by atoms with van der Waals surface area (Å²) in [4.78, 5) is 0. The zero-order chi connectivity index (χ0) is 9.40. The predicted molar refractivity (Wildman–Crippen MR) is 57.4 cm³/mol. The number of rotatable bonds is 2. The minimum Gasteiger partial charge on any atom is -0.0683 e. The van der Waals surface area contributed by atoms with Gasteiger partial charge in [-0.05, 0) is 18.3 Å². The summed E-state index contributed by atoms with van der Waals surface area (Å²) in [7, 11) is 0. The molecule has 0 heteroatoms. The number of hydrogen-bond acceptors (Lipinski definition) is 0. The minimum atomic E-state index is 1.07. The second-order valence-electron chi connectivity index (χ2n) is 3.72. The van der Waals surface area contributed by atoms with Gasteiger partial charge in [0.15, 0.2) is 0 Å². The van der Waals surface area contributed by atoms with Crippen LogP contribution in [-0.4, -0.2) is 0 Å². The van der Waals surface area contributed by atoms with E-state index in [0.717, 1.165) is 11.8 Å². The first-order valence-corrected chi connectivity index (χ1v) is 5.86. The summed E-state index contributed by atoms with van der Waals surface area (Å²) >= 11 is 0. The van der Waals surface area contributed by atoms with Gasteiger partial charge in [0.25, 0.3) is 0 Å². The summed E-state index contributed by atoms with van der Waals surface area (Å²) in [6.07, 6.45) is 8.86. The van der Waals surface area contributed by atoms with Gasteiger partial charge < -0.3 is 0 Å². The molecule has 0 spiro atoms. The lowest BCUT2D eigenvalue weighted by Crippen LogP contribution is -2.13. The van der Waals surface area contributed by atoms with E-state index in [2.05, 4.69) is 13.8 Å². The first-order valence-electron chi connectivity index (χ1n) is 5.86. The molecule has 1 rings (SSSR count). The molecule has 1 fully saturated rings. The van der Waals surface area contributed by atoms with Gasteiger partial charge in [-0.3, -0.25) is 0 Å². The van der Waals surface area contributed by atoms with E-state index >= 15 is 0 Å². The standard InChI is InChI=1S/C10H20.C2H6/c1-3-9-6-5-7-10(4-2)8-9;1-2/h9-10H,3-8H2,1-2H3;1-2H3. The highest BCUT2D eigenvalue weighted by atomic mass is 14.2. The maximum Gasteiger partial charge on any atom is -0.0414 e. The largest absolute Gasteiger partial charge is 0.0683 e. The van der Waals surface area contributed by atoms with E-state index in [4.69, 9.17) is 0 Å². The van der Waals surface area contributed by atoms with Crippen LogP contribution in [-0.2, 0) is 0 Å². The van der Waals surface area contributed by atoms with Crippen LogP contribution in [0, 0.1) is 11.8 Å². The molecule has 0 aromatic heterocycles. The molecule has 0 aliphatic heterocycles. The molecule has 74 valence electrons. The van der Waals surface area contributed by atoms with Crippen molar-refractivity contribution in [3.63, 3.8) is 0 Å². The van der Waals surface area contributed by atoms with Gasteiger partial charge in [-0.2, -0.15) is 0 Å². The fourth-order valence-corrected chi connectivity index (χ4v) is 2.14. The SMILES string of the molecule is CC.CCC1CCCC(CC)C1. The first kappa shape index (κ1) is 12.0. The molecule has 0 N–H and O–H groups in total. The monoisotopic (exact) mass is 170 g/mol. The van der Waals surface area contributed by atoms with Crippen LogP contribution in [0.3, 0.4) is 0 Å². The molecule has 0 nitrogen and oxygen atoms in total. The Labute approximate surface area is 78.8 Å². The predicted octanol–water partition coefficient (Wildman–Crippen LogP) is 4.64. The maximum absolute atomic E-state index is 2.34. The molecule has 2 atom stereocenters. The fraction of sp³-hybridized carbons (Fsp3) is 1.00. The molecular weight excluding hydrogens is 144 g/mol. The molecule has 1 saturated carbocycles. The van der Waals surface area contributed by atoms with Crippen molar-refractivity contribution in [2.45, 2.75) is 66.2 Å². The molecule has 0 amide bonds. The van der Waals surface area contributed by atoms with Crippen LogP contribution in [0.4, 0.5) is 0 Å². The molecule has 0 bridgehead atoms. The van der Waals surface area contributed by atoms with Crippen molar-refractivity contribution < 1.29 is 0 Å². The van der Waals surface area contributed by atoms with Gasteiger partial charge in [-0.1, -0.05) is 59.8 Å². The van der Waals surface area contributed by atoms with E-state index in [0.29, 0.717) is 0 Å². The van der Waals surface area contributed by atoms with Crippen LogP contribution in [0.5, 0.6) is 0 Å². The molecule has 0 radical (unpaired) electrons. The highest BCUT2D eigenvalue weighted by Crippen LogP contribution is 2.32. The number of hydrogen-bond donors (Lipinski definition) is 0. The molecule has 0 aromatic rings. The van der Waals surface area contributed by atoms with Crippen LogP contribution in [0.2, 0.25) is 0 Å². The summed E-state index contributed by atoms with van der Waals surface area (Å²) in [5.41, 5.74) is 0. The molecule has 0 heterocycles. The Kier molecular flexibility index (Phi) is 7.64. The van der Waals surface area contributed by atoms with Crippen molar-refractivity contribution >= 4 is 0 Å². The lowest BCUT2D eigenvalue weighted by atomic mass is 9.79. The van der Waals surface area contributed by atoms with Crippen molar-refractivity contribution in [3.05, 3.63) is 0 Å². The lowest BCUT2D eigenvalue weighted by Gasteiger charge is -2.27. The van der Waals surface area contributed by atoms with Crippen molar-refractivity contribution in [2.75, 3.05) is 0 Å². The highest BCUT2D eigenvalue weighted by Gasteiger charge is 2.18. The Morgan fingerprint density at radius 2 is 1.33 bits per heavy atom. The molecule has 1 aliphatic carbocycles. The molecule has 1 aliphatic rings. The van der Waals surface area contributed by atoms with Crippen molar-refractivity contribution in [1.82, 2.24) is 0 Å². The average molecular weight is 170 g/mol. The topological polar surface area (TPSA) is 0 Å². The van der Waals surface area contributed by atoms with E-state index in [1.54, 1.807) is 0 Å². The van der Waals surface area contributed by atoms with Gasteiger partial charge in [0.2, 0.25) is 0 Å². The van der Waals surface area contributed by atoms with Crippen LogP contribution in [0.25, 0.3) is 0 Å². The summed E-state index contributed by atoms with van der Waals surface area (Å²) in [5, 5.41) is 0. The summed E-state index contributed by atoms with van der Waals surface area (Å²) in [6.45, 7) is 8.67. The Bertz CT molecular complexity index is 76.0. The third-order valence-electron chi connectivity index (χ3n) is 3.05. The van der Waals surface area contributed by atoms with Gasteiger partial charge >= 0.3 is 0 Å². The fourth-order valence-electron chi connectivity index (χ4n) is 2.14. The van der Waals surface area contributed by atoms with Crippen LogP contribution in [0.1, 0.15) is 66.2 Å². The maximum atomic E-state index is 2.34. The first-order chi connectivity index (χ1) is 5.86. The molecule has 12 heavy (non-hydrogen) atoms. The second kappa shape index (κ2) is 7.64. The minimum absolute atomic E-state index is 1.07. The van der Waals surface area contributed by atoms with Crippen LogP contribution in [0.15, 0.2) is 0 Å². The van der Waals surface area contributed by atoms with E-state index in [1.165, 1.54) is 38.5 Å². The van der Waals surface area contributed by atoms with Crippen LogP contribution < -0.4 is 0 Å². The van der Waals surface area contributed by atoms with E-state index < -0.39 is 0 Å². The van der Waals surface area contributed by atoms with Gasteiger partial charge in [0.05, 0.1) is 0 Å². The summed E-state index contributed by atoms with van der Waals surface area (Å²) in [6, 6.07) is 0. The normalized spacial score (nSPS) is 29.0. The van der Waals surface area contributed by atoms with Crippen molar-refractivity contribution in [2.24, 2.45) is 11.8 Å². The third-order valence-corrected chi connectivity index (χ3v) is 3.05. The third kappa shape index (κ3) is 4.13. The smallest absolute Gasteiger partial charge is 0.0414 e. The van der Waals surface area contributed by atoms with Gasteiger partial charge in [-0.15, -0.1) is 0 Å². The zero-order valence-electron chi connectivity index (χ0n) is 9.40. The van der Waals surface area contributed by atoms with Gasteiger partial charge in [-0.25, -0.2) is 0 Å². The summed E-state index contributed by atoms with van der Waals surface area (Å²) < 4.78 is 0. The average Bonchev–Trinajstić information content (AvgIpc) is 2.21. The molecular formula is C12H26. The van der Waals surface area contributed by atoms with E-state index in [-0.39, 0.29) is 0 Å². The van der Waals surface area contributed by atoms with E-state index in [1.807, 2.05) is 13.8 Å². The second-order valence-corrected chi connectivity index (χ2v) is 3.72. The Morgan fingerprint density at radius 1 is 0.917 bits per heavy atom. The van der Waals surface area contributed by atoms with Gasteiger partial charge in [0.1, 0.15) is 0 Å².